The Labute approximate surface area is 133 Å². The Bertz CT molecular complexity index is 925. The summed E-state index contributed by atoms with van der Waals surface area (Å²) in [6.45, 7) is 0. The molecule has 0 radical (unpaired) electrons. The van der Waals surface area contributed by atoms with E-state index in [0.717, 1.165) is 21.3 Å². The summed E-state index contributed by atoms with van der Waals surface area (Å²) in [5.41, 5.74) is 2.20. The zero-order valence-corrected chi connectivity index (χ0v) is 13.3. The lowest BCUT2D eigenvalue weighted by molar-refractivity contribution is 0.419. The van der Waals surface area contributed by atoms with E-state index >= 15 is 0 Å². The Morgan fingerprint density at radius 2 is 2.24 bits per heavy atom. The van der Waals surface area contributed by atoms with Crippen molar-refractivity contribution in [2.24, 2.45) is 12.0 Å². The van der Waals surface area contributed by atoms with Crippen LogP contribution in [0.15, 0.2) is 32.5 Å². The number of hydrogen-bond acceptors (Lipinski definition) is 4. The van der Waals surface area contributed by atoms with Crippen LogP contribution in [0.25, 0.3) is 11.6 Å². The molecule has 5 nitrogen and oxygen atoms in total. The van der Waals surface area contributed by atoms with Gasteiger partial charge in [0.1, 0.15) is 5.56 Å². The van der Waals surface area contributed by atoms with E-state index < -0.39 is 5.56 Å². The van der Waals surface area contributed by atoms with Crippen LogP contribution in [0.1, 0.15) is 11.1 Å². The Morgan fingerprint density at radius 3 is 3.00 bits per heavy atom. The van der Waals surface area contributed by atoms with Crippen LogP contribution < -0.4 is 5.56 Å². The lowest BCUT2D eigenvalue weighted by atomic mass is 10.1. The topological polar surface area (TPSA) is 70.4 Å². The highest BCUT2D eigenvalue weighted by Gasteiger charge is 2.15. The van der Waals surface area contributed by atoms with Crippen LogP contribution in [0.5, 0.6) is 5.88 Å². The first kappa shape index (κ1) is 14.0. The van der Waals surface area contributed by atoms with Crippen LogP contribution in [0.3, 0.4) is 0 Å². The van der Waals surface area contributed by atoms with Crippen molar-refractivity contribution in [1.82, 2.24) is 9.55 Å². The van der Waals surface area contributed by atoms with Crippen molar-refractivity contribution >= 4 is 51.7 Å². The van der Waals surface area contributed by atoms with Gasteiger partial charge in [0.05, 0.1) is 5.69 Å². The Hall–Kier alpha value is -1.99. The van der Waals surface area contributed by atoms with E-state index in [1.165, 1.54) is 4.57 Å². The first-order valence-electron chi connectivity index (χ1n) is 6.05. The third kappa shape index (κ3) is 2.38. The van der Waals surface area contributed by atoms with Gasteiger partial charge >= 0.3 is 0 Å². The molecule has 0 saturated heterocycles. The highest BCUT2D eigenvalue weighted by Crippen LogP contribution is 2.34. The number of fused-ring (bicyclic) bond motifs is 1. The fourth-order valence-corrected chi connectivity index (χ4v) is 2.63. The first-order chi connectivity index (χ1) is 9.97. The molecule has 106 valence electrons. The third-order valence-electron chi connectivity index (χ3n) is 3.24. The van der Waals surface area contributed by atoms with Crippen LogP contribution in [0.4, 0.5) is 5.69 Å². The lowest BCUT2D eigenvalue weighted by Crippen LogP contribution is -2.15. The monoisotopic (exact) mass is 363 g/mol. The van der Waals surface area contributed by atoms with Crippen LogP contribution in [0, 0.1) is 4.77 Å². The van der Waals surface area contributed by atoms with Crippen molar-refractivity contribution in [1.29, 1.82) is 0 Å². The first-order valence-corrected chi connectivity index (χ1v) is 7.25. The van der Waals surface area contributed by atoms with Gasteiger partial charge in [-0.25, -0.2) is 0 Å². The van der Waals surface area contributed by atoms with E-state index in [2.05, 4.69) is 25.9 Å². The molecule has 1 aliphatic rings. The number of halogens is 1. The number of aromatic hydroxyl groups is 1. The van der Waals surface area contributed by atoms with Gasteiger partial charge in [0.2, 0.25) is 5.88 Å². The predicted molar refractivity (Wildman–Crippen MR) is 88.7 cm³/mol. The second kappa shape index (κ2) is 5.09. The van der Waals surface area contributed by atoms with Crippen LogP contribution in [0.2, 0.25) is 0 Å². The predicted octanol–water partition coefficient (Wildman–Crippen LogP) is 3.17. The van der Waals surface area contributed by atoms with Gasteiger partial charge in [0.25, 0.3) is 5.56 Å². The summed E-state index contributed by atoms with van der Waals surface area (Å²) in [4.78, 5) is 18.8. The summed E-state index contributed by atoms with van der Waals surface area (Å²) >= 11 is 8.35. The Balaban J connectivity index is 2.21. The van der Waals surface area contributed by atoms with Crippen molar-refractivity contribution in [3.05, 3.63) is 48.9 Å². The number of aliphatic imine (C=N–C) groups is 1. The minimum atomic E-state index is -0.431. The molecule has 0 aliphatic carbocycles. The van der Waals surface area contributed by atoms with Gasteiger partial charge in [-0.15, -0.1) is 0 Å². The molecule has 0 atom stereocenters. The summed E-state index contributed by atoms with van der Waals surface area (Å²) < 4.78 is 2.43. The summed E-state index contributed by atoms with van der Waals surface area (Å²) in [5.74, 6) is -0.173. The molecular weight excluding hydrogens is 354 g/mol. The number of H-pyrrole nitrogens is 1. The molecule has 2 aromatic rings. The second-order valence-electron chi connectivity index (χ2n) is 4.57. The largest absolute Gasteiger partial charge is 0.494 e. The second-order valence-corrected chi connectivity index (χ2v) is 5.88. The number of aromatic amines is 1. The maximum absolute atomic E-state index is 12.0. The molecule has 0 saturated carbocycles. The summed E-state index contributed by atoms with van der Waals surface area (Å²) in [6, 6.07) is 5.70. The SMILES string of the molecule is Cn1c(O)c(C=C2C=Nc3ccc(Br)cc32)c(=O)[nH]c1=S. The van der Waals surface area contributed by atoms with Crippen molar-refractivity contribution in [3.8, 4) is 5.88 Å². The fourth-order valence-electron chi connectivity index (χ4n) is 2.09. The van der Waals surface area contributed by atoms with Gasteiger partial charge in [-0.1, -0.05) is 15.9 Å². The van der Waals surface area contributed by atoms with E-state index in [9.17, 15) is 9.90 Å². The molecule has 1 aromatic heterocycles. The van der Waals surface area contributed by atoms with E-state index in [1.807, 2.05) is 18.2 Å². The van der Waals surface area contributed by atoms with Gasteiger partial charge in [0.15, 0.2) is 4.77 Å². The molecule has 0 fully saturated rings. The van der Waals surface area contributed by atoms with Gasteiger partial charge < -0.3 is 5.11 Å². The van der Waals surface area contributed by atoms with Gasteiger partial charge in [-0.3, -0.25) is 19.3 Å². The molecule has 2 heterocycles. The highest BCUT2D eigenvalue weighted by atomic mass is 79.9. The zero-order chi connectivity index (χ0) is 15.1. The number of nitrogens with one attached hydrogen (secondary N) is 1. The molecule has 1 aliphatic heterocycles. The molecule has 0 unspecified atom stereocenters. The summed E-state index contributed by atoms with van der Waals surface area (Å²) in [6.07, 6.45) is 3.27. The van der Waals surface area contributed by atoms with Crippen LogP contribution in [-0.2, 0) is 7.05 Å². The maximum atomic E-state index is 12.0. The number of allylic oxidation sites excluding steroid dienone is 1. The summed E-state index contributed by atoms with van der Waals surface area (Å²) in [5, 5.41) is 10.1. The molecule has 21 heavy (non-hydrogen) atoms. The van der Waals surface area contributed by atoms with Gasteiger partial charge in [-0.2, -0.15) is 0 Å². The molecule has 0 amide bonds. The number of aromatic nitrogens is 2. The normalized spacial score (nSPS) is 14.7. The van der Waals surface area contributed by atoms with Crippen molar-refractivity contribution in [3.63, 3.8) is 0 Å². The average molecular weight is 364 g/mol. The number of hydrogen-bond donors (Lipinski definition) is 2. The Kier molecular flexibility index (Phi) is 3.38. The minimum absolute atomic E-state index is 0.153. The number of nitrogens with zero attached hydrogens (tertiary/aromatic N) is 2. The van der Waals surface area contributed by atoms with E-state index in [-0.39, 0.29) is 16.2 Å². The third-order valence-corrected chi connectivity index (χ3v) is 4.11. The summed E-state index contributed by atoms with van der Waals surface area (Å²) in [7, 11) is 1.59. The van der Waals surface area contributed by atoms with E-state index in [0.29, 0.717) is 0 Å². The smallest absolute Gasteiger partial charge is 0.262 e. The minimum Gasteiger partial charge on any atom is -0.494 e. The number of benzene rings is 1. The van der Waals surface area contributed by atoms with Crippen molar-refractivity contribution in [2.45, 2.75) is 0 Å². The van der Waals surface area contributed by atoms with Gasteiger partial charge in [-0.05, 0) is 36.5 Å². The molecule has 0 bridgehead atoms. The lowest BCUT2D eigenvalue weighted by Gasteiger charge is -2.06. The fraction of sp³-hybridized carbons (Fsp3) is 0.0714. The van der Waals surface area contributed by atoms with Gasteiger partial charge in [0, 0.05) is 28.9 Å². The Morgan fingerprint density at radius 1 is 1.48 bits per heavy atom. The molecule has 1 aromatic carbocycles. The molecule has 3 rings (SSSR count). The maximum Gasteiger partial charge on any atom is 0.262 e. The number of rotatable bonds is 1. The van der Waals surface area contributed by atoms with Crippen molar-refractivity contribution < 1.29 is 5.11 Å². The molecule has 2 N–H and O–H groups in total. The standard InChI is InChI=1S/C14H10BrN3O2S/c1-18-13(20)10(12(19)17-14(18)21)4-7-6-16-11-3-2-8(15)5-9(7)11/h2-6,20H,1H3,(H,17,19,21). The molecule has 0 spiro atoms. The highest BCUT2D eigenvalue weighted by molar-refractivity contribution is 9.10. The van der Waals surface area contributed by atoms with E-state index in [4.69, 9.17) is 12.2 Å². The van der Waals surface area contributed by atoms with Crippen LogP contribution in [-0.4, -0.2) is 20.9 Å². The molecular formula is C14H10BrN3O2S. The van der Waals surface area contributed by atoms with Crippen molar-refractivity contribution in [2.75, 3.05) is 0 Å². The van der Waals surface area contributed by atoms with E-state index in [1.54, 1.807) is 19.3 Å². The van der Waals surface area contributed by atoms with Crippen LogP contribution >= 0.6 is 28.1 Å². The average Bonchev–Trinajstić information content (AvgIpc) is 2.83. The quantitative estimate of drug-likeness (QED) is 0.764. The zero-order valence-electron chi connectivity index (χ0n) is 10.9. The molecule has 7 heteroatoms.